The summed E-state index contributed by atoms with van der Waals surface area (Å²) in [5.74, 6) is -1.12. The van der Waals surface area contributed by atoms with Crippen LogP contribution >= 0.6 is 27.7 Å². The lowest BCUT2D eigenvalue weighted by atomic mass is 9.70. The van der Waals surface area contributed by atoms with Crippen LogP contribution < -0.4 is 10.6 Å². The first kappa shape index (κ1) is 22.4. The maximum atomic E-state index is 13.6. The van der Waals surface area contributed by atoms with E-state index in [1.54, 1.807) is 23.7 Å². The first-order valence-electron chi connectivity index (χ1n) is 11.2. The molecule has 3 heterocycles. The van der Waals surface area contributed by atoms with E-state index in [1.807, 2.05) is 0 Å². The van der Waals surface area contributed by atoms with Crippen molar-refractivity contribution in [3.05, 3.63) is 0 Å². The van der Waals surface area contributed by atoms with Crippen LogP contribution in [-0.4, -0.2) is 74.8 Å². The van der Waals surface area contributed by atoms with Crippen molar-refractivity contribution in [3.63, 3.8) is 0 Å². The van der Waals surface area contributed by atoms with Crippen molar-refractivity contribution in [2.24, 2.45) is 11.8 Å². The summed E-state index contributed by atoms with van der Waals surface area (Å²) < 4.78 is -0.564. The van der Waals surface area contributed by atoms with E-state index in [1.165, 1.54) is 6.42 Å². The molecule has 3 amide bonds. The number of aliphatic hydroxyl groups excluding tert-OH is 1. The van der Waals surface area contributed by atoms with Crippen molar-refractivity contribution >= 4 is 45.4 Å². The van der Waals surface area contributed by atoms with Crippen molar-refractivity contribution < 1.29 is 19.5 Å². The molecule has 1 aliphatic carbocycles. The molecule has 7 nitrogen and oxygen atoms in total. The van der Waals surface area contributed by atoms with Gasteiger partial charge >= 0.3 is 0 Å². The summed E-state index contributed by atoms with van der Waals surface area (Å²) in [5.41, 5.74) is 0. The van der Waals surface area contributed by atoms with Crippen LogP contribution in [0.5, 0.6) is 0 Å². The minimum absolute atomic E-state index is 0.00322. The number of likely N-dealkylation sites (tertiary alicyclic amines) is 1. The molecule has 0 aromatic heterocycles. The second-order valence-corrected chi connectivity index (χ2v) is 11.8. The average Bonchev–Trinajstić information content (AvgIpc) is 3.32. The molecule has 3 N–H and O–H groups in total. The van der Waals surface area contributed by atoms with Crippen LogP contribution in [0, 0.1) is 11.8 Å². The van der Waals surface area contributed by atoms with Gasteiger partial charge in [-0.2, -0.15) is 0 Å². The number of thioether (sulfide) groups is 1. The third kappa shape index (κ3) is 3.58. The van der Waals surface area contributed by atoms with Gasteiger partial charge < -0.3 is 20.6 Å². The highest BCUT2D eigenvalue weighted by Gasteiger charge is 2.75. The average molecular weight is 502 g/mol. The molecule has 0 aromatic rings. The fourth-order valence-corrected chi connectivity index (χ4v) is 9.67. The van der Waals surface area contributed by atoms with Crippen LogP contribution in [0.2, 0.25) is 0 Å². The zero-order chi connectivity index (χ0) is 21.5. The van der Waals surface area contributed by atoms with Gasteiger partial charge in [-0.05, 0) is 32.1 Å². The number of halogens is 1. The van der Waals surface area contributed by atoms with Gasteiger partial charge in [-0.25, -0.2) is 0 Å². The Morgan fingerprint density at radius 1 is 1.23 bits per heavy atom. The van der Waals surface area contributed by atoms with Crippen molar-refractivity contribution in [1.82, 2.24) is 15.5 Å². The van der Waals surface area contributed by atoms with Crippen molar-refractivity contribution in [2.75, 3.05) is 20.2 Å². The molecule has 30 heavy (non-hydrogen) atoms. The summed E-state index contributed by atoms with van der Waals surface area (Å²) >= 11 is 5.42. The Labute approximate surface area is 190 Å². The molecular weight excluding hydrogens is 470 g/mol. The summed E-state index contributed by atoms with van der Waals surface area (Å²) in [4.78, 5) is 41.8. The topological polar surface area (TPSA) is 98.7 Å². The number of carbonyl (C=O) groups is 3. The minimum atomic E-state index is -0.564. The summed E-state index contributed by atoms with van der Waals surface area (Å²) in [7, 11) is 1.61. The number of nitrogens with one attached hydrogen (secondary N) is 2. The van der Waals surface area contributed by atoms with Crippen molar-refractivity contribution in [1.29, 1.82) is 0 Å². The number of hydrogen-bond donors (Lipinski definition) is 3. The highest BCUT2D eigenvalue weighted by atomic mass is 79.9. The number of carbonyl (C=O) groups excluding carboxylic acids is 3. The smallest absolute Gasteiger partial charge is 0.244 e. The van der Waals surface area contributed by atoms with Gasteiger partial charge in [0.05, 0.1) is 16.6 Å². The summed E-state index contributed by atoms with van der Waals surface area (Å²) in [6, 6.07) is -0.380. The lowest BCUT2D eigenvalue weighted by Gasteiger charge is -2.36. The molecule has 0 radical (unpaired) electrons. The van der Waals surface area contributed by atoms with Gasteiger partial charge in [0.1, 0.15) is 6.04 Å². The Hall–Kier alpha value is -0.800. The first-order chi connectivity index (χ1) is 14.4. The van der Waals surface area contributed by atoms with Crippen LogP contribution in [0.1, 0.15) is 51.4 Å². The maximum absolute atomic E-state index is 13.6. The highest BCUT2D eigenvalue weighted by Crippen LogP contribution is 2.67. The van der Waals surface area contributed by atoms with Crippen molar-refractivity contribution in [3.8, 4) is 0 Å². The zero-order valence-corrected chi connectivity index (χ0v) is 19.8. The monoisotopic (exact) mass is 501 g/mol. The third-order valence-electron chi connectivity index (χ3n) is 7.35. The summed E-state index contributed by atoms with van der Waals surface area (Å²) in [6.45, 7) is 0.510. The van der Waals surface area contributed by atoms with E-state index in [4.69, 9.17) is 0 Å². The largest absolute Gasteiger partial charge is 0.396 e. The predicted octanol–water partition coefficient (Wildman–Crippen LogP) is 1.42. The van der Waals surface area contributed by atoms with E-state index in [0.29, 0.717) is 25.8 Å². The van der Waals surface area contributed by atoms with Crippen LogP contribution in [0.4, 0.5) is 0 Å². The van der Waals surface area contributed by atoms with E-state index >= 15 is 0 Å². The Kier molecular flexibility index (Phi) is 6.70. The Morgan fingerprint density at radius 2 is 1.97 bits per heavy atom. The fraction of sp³-hybridized carbons (Fsp3) is 0.857. The molecule has 4 aliphatic rings. The molecule has 3 saturated heterocycles. The van der Waals surface area contributed by atoms with Crippen molar-refractivity contribution in [2.45, 2.75) is 78.3 Å². The van der Waals surface area contributed by atoms with Crippen LogP contribution in [0.15, 0.2) is 0 Å². The molecule has 4 rings (SSSR count). The lowest BCUT2D eigenvalue weighted by molar-refractivity contribution is -0.140. The maximum Gasteiger partial charge on any atom is 0.244 e. The Morgan fingerprint density at radius 3 is 2.63 bits per heavy atom. The van der Waals surface area contributed by atoms with Gasteiger partial charge in [0.2, 0.25) is 17.7 Å². The van der Waals surface area contributed by atoms with E-state index in [2.05, 4.69) is 26.6 Å². The molecule has 168 valence electrons. The second kappa shape index (κ2) is 8.98. The molecule has 2 bridgehead atoms. The standard InChI is InChI=1S/C21H32BrN3O4S/c1-23-18(27)14-15-20(29)25(9-5-6-10-26)17(21(15)11-13(22)16(14)30-21)19(28)24-12-7-3-2-4-8-12/h12-17,26H,2-11H2,1H3,(H,23,27)(H,24,28)/t13?,14-,15+,16-,17?,21?/m1/s1. The molecule has 1 spiro atoms. The molecular formula is C21H32BrN3O4S. The zero-order valence-electron chi connectivity index (χ0n) is 17.4. The molecule has 4 fully saturated rings. The Bertz CT molecular complexity index is 704. The third-order valence-corrected chi connectivity index (χ3v) is 10.6. The number of nitrogens with zero attached hydrogens (tertiary/aromatic N) is 1. The predicted molar refractivity (Wildman–Crippen MR) is 119 cm³/mol. The highest BCUT2D eigenvalue weighted by molar-refractivity contribution is 9.09. The normalized spacial score (nSPS) is 38.0. The summed E-state index contributed by atoms with van der Waals surface area (Å²) in [6.07, 6.45) is 7.40. The first-order valence-corrected chi connectivity index (χ1v) is 13.0. The van der Waals surface area contributed by atoms with E-state index in [-0.39, 0.29) is 40.4 Å². The van der Waals surface area contributed by atoms with Gasteiger partial charge in [-0.15, -0.1) is 11.8 Å². The van der Waals surface area contributed by atoms with E-state index in [0.717, 1.165) is 25.7 Å². The minimum Gasteiger partial charge on any atom is -0.396 e. The SMILES string of the molecule is CNC(=O)[C@H]1[C@@H]2SC3(CC2Br)C(C(=O)NC2CCCCC2)N(CCCCO)C(=O)[C@H]13. The number of unbranched alkanes of at least 4 members (excludes halogenated alkanes) is 1. The molecule has 9 heteroatoms. The van der Waals surface area contributed by atoms with Gasteiger partial charge in [-0.3, -0.25) is 14.4 Å². The van der Waals surface area contributed by atoms with E-state index < -0.39 is 22.6 Å². The van der Waals surface area contributed by atoms with Gasteiger partial charge in [0.15, 0.2) is 0 Å². The number of alkyl halides is 1. The number of rotatable bonds is 7. The summed E-state index contributed by atoms with van der Waals surface area (Å²) in [5, 5.41) is 15.2. The molecule has 6 atom stereocenters. The molecule has 1 saturated carbocycles. The molecule has 3 aliphatic heterocycles. The number of amides is 3. The Balaban J connectivity index is 1.64. The number of hydrogen-bond acceptors (Lipinski definition) is 5. The number of aliphatic hydroxyl groups is 1. The number of fused-ring (bicyclic) bond motifs is 1. The molecule has 0 aromatic carbocycles. The van der Waals surface area contributed by atoms with Gasteiger partial charge in [0.25, 0.3) is 0 Å². The van der Waals surface area contributed by atoms with Crippen LogP contribution in [0.3, 0.4) is 0 Å². The molecule has 3 unspecified atom stereocenters. The fourth-order valence-electron chi connectivity index (χ4n) is 6.06. The quantitative estimate of drug-likeness (QED) is 0.361. The second-order valence-electron chi connectivity index (χ2n) is 9.08. The van der Waals surface area contributed by atoms with E-state index in [9.17, 15) is 19.5 Å². The lowest BCUT2D eigenvalue weighted by Crippen LogP contribution is -2.56. The van der Waals surface area contributed by atoms with Gasteiger partial charge in [-0.1, -0.05) is 35.2 Å². The van der Waals surface area contributed by atoms with Gasteiger partial charge in [0, 0.05) is 36.3 Å². The van der Waals surface area contributed by atoms with Crippen LogP contribution in [-0.2, 0) is 14.4 Å². The van der Waals surface area contributed by atoms with Crippen LogP contribution in [0.25, 0.3) is 0 Å².